The number of hydrogen-bond acceptors (Lipinski definition) is 7. The topological polar surface area (TPSA) is 110 Å². The number of sulfonamides is 1. The molecule has 10 heteroatoms. The van der Waals surface area contributed by atoms with Gasteiger partial charge in [-0.05, 0) is 55.0 Å². The number of ether oxygens (including phenoxy) is 1. The first-order valence-corrected chi connectivity index (χ1v) is 12.2. The predicted molar refractivity (Wildman–Crippen MR) is 124 cm³/mol. The molecule has 0 radical (unpaired) electrons. The number of anilines is 2. The van der Waals surface area contributed by atoms with Crippen LogP contribution in [0.1, 0.15) is 12.8 Å². The van der Waals surface area contributed by atoms with E-state index in [4.69, 9.17) is 4.74 Å². The number of nitrogens with zero attached hydrogens (tertiary/aromatic N) is 2. The number of fused-ring (bicyclic) bond motifs is 1. The maximum atomic E-state index is 12.4. The van der Waals surface area contributed by atoms with Crippen LogP contribution in [0.3, 0.4) is 0 Å². The van der Waals surface area contributed by atoms with Crippen molar-refractivity contribution < 1.29 is 17.9 Å². The molecule has 2 aromatic heterocycles. The van der Waals surface area contributed by atoms with Gasteiger partial charge in [-0.1, -0.05) is 6.07 Å². The van der Waals surface area contributed by atoms with Gasteiger partial charge < -0.3 is 10.1 Å². The van der Waals surface area contributed by atoms with Crippen LogP contribution in [0.15, 0.2) is 77.3 Å². The predicted octanol–water partition coefficient (Wildman–Crippen LogP) is 4.29. The summed E-state index contributed by atoms with van der Waals surface area (Å²) in [7, 11) is -3.72. The number of aromatic nitrogens is 2. The standard InChI is InChI=1S/C22H20N4O4S2/c27-21(7-3-14-30-20-6-1-5-19-18(20)4-2-12-23-19)25-16-8-10-17(11-9-16)32(28,29)26-22-24-13-15-31-22/h1-2,4-6,8-13,15H,3,7,14H2,(H,24,26)(H,25,27). The number of thiazole rings is 1. The molecule has 2 N–H and O–H groups in total. The first kappa shape index (κ1) is 21.7. The molecule has 0 aliphatic rings. The molecule has 0 aliphatic heterocycles. The second kappa shape index (κ2) is 9.75. The van der Waals surface area contributed by atoms with Gasteiger partial charge in [0.1, 0.15) is 5.75 Å². The van der Waals surface area contributed by atoms with E-state index >= 15 is 0 Å². The molecule has 0 unspecified atom stereocenters. The molecule has 0 bridgehead atoms. The van der Waals surface area contributed by atoms with Crippen molar-refractivity contribution in [3.63, 3.8) is 0 Å². The van der Waals surface area contributed by atoms with Gasteiger partial charge in [0, 0.05) is 35.3 Å². The van der Waals surface area contributed by atoms with Crippen LogP contribution in [0.25, 0.3) is 10.9 Å². The normalized spacial score (nSPS) is 11.2. The lowest BCUT2D eigenvalue weighted by molar-refractivity contribution is -0.116. The Morgan fingerprint density at radius 2 is 1.84 bits per heavy atom. The fourth-order valence-electron chi connectivity index (χ4n) is 3.00. The van der Waals surface area contributed by atoms with E-state index in [2.05, 4.69) is 20.0 Å². The van der Waals surface area contributed by atoms with Crippen LogP contribution in [-0.4, -0.2) is 30.9 Å². The first-order valence-electron chi connectivity index (χ1n) is 9.80. The van der Waals surface area contributed by atoms with Crippen molar-refractivity contribution in [1.29, 1.82) is 0 Å². The molecule has 2 aromatic carbocycles. The van der Waals surface area contributed by atoms with Crippen molar-refractivity contribution in [2.75, 3.05) is 16.6 Å². The highest BCUT2D eigenvalue weighted by Crippen LogP contribution is 2.24. The minimum atomic E-state index is -3.72. The number of hydrogen-bond donors (Lipinski definition) is 2. The van der Waals surface area contributed by atoms with Crippen molar-refractivity contribution in [1.82, 2.24) is 9.97 Å². The largest absolute Gasteiger partial charge is 0.493 e. The molecule has 1 amide bonds. The summed E-state index contributed by atoms with van der Waals surface area (Å²) in [6, 6.07) is 15.4. The van der Waals surface area contributed by atoms with Gasteiger partial charge in [0.25, 0.3) is 10.0 Å². The summed E-state index contributed by atoms with van der Waals surface area (Å²) in [5.74, 6) is 0.559. The van der Waals surface area contributed by atoms with Crippen LogP contribution in [0.2, 0.25) is 0 Å². The maximum Gasteiger partial charge on any atom is 0.263 e. The molecule has 0 spiro atoms. The molecule has 0 saturated carbocycles. The summed E-state index contributed by atoms with van der Waals surface area (Å²) >= 11 is 1.19. The zero-order chi connectivity index (χ0) is 22.4. The Morgan fingerprint density at radius 1 is 1.00 bits per heavy atom. The summed E-state index contributed by atoms with van der Waals surface area (Å²) in [4.78, 5) is 20.5. The summed E-state index contributed by atoms with van der Waals surface area (Å²) in [6.45, 7) is 0.390. The van der Waals surface area contributed by atoms with E-state index in [-0.39, 0.29) is 17.2 Å². The number of carbonyl (C=O) groups excluding carboxylic acids is 1. The van der Waals surface area contributed by atoms with Crippen molar-refractivity contribution in [2.45, 2.75) is 17.7 Å². The molecule has 2 heterocycles. The lowest BCUT2D eigenvalue weighted by atomic mass is 10.2. The molecular weight excluding hydrogens is 448 g/mol. The van der Waals surface area contributed by atoms with E-state index in [9.17, 15) is 13.2 Å². The molecule has 0 fully saturated rings. The fraction of sp³-hybridized carbons (Fsp3) is 0.136. The lowest BCUT2D eigenvalue weighted by Crippen LogP contribution is -2.14. The Bertz CT molecular complexity index is 1300. The van der Waals surface area contributed by atoms with E-state index in [1.807, 2.05) is 30.3 Å². The van der Waals surface area contributed by atoms with Crippen molar-refractivity contribution >= 4 is 49.0 Å². The maximum absolute atomic E-state index is 12.4. The third kappa shape index (κ3) is 5.40. The number of amides is 1. The first-order chi connectivity index (χ1) is 15.5. The number of benzene rings is 2. The highest BCUT2D eigenvalue weighted by molar-refractivity contribution is 7.93. The molecule has 32 heavy (non-hydrogen) atoms. The van der Waals surface area contributed by atoms with Crippen molar-refractivity contribution in [3.8, 4) is 5.75 Å². The Morgan fingerprint density at radius 3 is 2.62 bits per heavy atom. The van der Waals surface area contributed by atoms with Crippen molar-refractivity contribution in [2.24, 2.45) is 0 Å². The van der Waals surface area contributed by atoms with Gasteiger partial charge in [-0.2, -0.15) is 0 Å². The van der Waals surface area contributed by atoms with Gasteiger partial charge in [0.15, 0.2) is 5.13 Å². The van der Waals surface area contributed by atoms with Crippen molar-refractivity contribution in [3.05, 3.63) is 72.4 Å². The van der Waals surface area contributed by atoms with Crippen LogP contribution in [0.5, 0.6) is 5.75 Å². The molecule has 164 valence electrons. The Balaban J connectivity index is 1.26. The number of nitrogens with one attached hydrogen (secondary N) is 2. The summed E-state index contributed by atoms with van der Waals surface area (Å²) < 4.78 is 32.9. The third-order valence-corrected chi connectivity index (χ3v) is 6.69. The average Bonchev–Trinajstić information content (AvgIpc) is 3.29. The number of pyridine rings is 1. The summed E-state index contributed by atoms with van der Waals surface area (Å²) in [5, 5.41) is 5.67. The monoisotopic (exact) mass is 468 g/mol. The molecular formula is C22H20N4O4S2. The lowest BCUT2D eigenvalue weighted by Gasteiger charge is -2.10. The molecule has 0 saturated heterocycles. The number of carbonyl (C=O) groups is 1. The van der Waals surface area contributed by atoms with E-state index in [1.165, 1.54) is 29.7 Å². The van der Waals surface area contributed by atoms with Gasteiger partial charge in [-0.15, -0.1) is 11.3 Å². The second-order valence-corrected chi connectivity index (χ2v) is 9.37. The SMILES string of the molecule is O=C(CCCOc1cccc2ncccc12)Nc1ccc(S(=O)(=O)Nc2nccs2)cc1. The minimum Gasteiger partial charge on any atom is -0.493 e. The smallest absolute Gasteiger partial charge is 0.263 e. The highest BCUT2D eigenvalue weighted by atomic mass is 32.2. The highest BCUT2D eigenvalue weighted by Gasteiger charge is 2.15. The average molecular weight is 469 g/mol. The molecule has 0 atom stereocenters. The summed E-state index contributed by atoms with van der Waals surface area (Å²) in [6.07, 6.45) is 4.06. The van der Waals surface area contributed by atoms with E-state index < -0.39 is 10.0 Å². The Labute approximate surface area is 189 Å². The van der Waals surface area contributed by atoms with Gasteiger partial charge in [0.2, 0.25) is 5.91 Å². The molecule has 8 nitrogen and oxygen atoms in total. The molecule has 0 aliphatic carbocycles. The van der Waals surface area contributed by atoms with Crippen LogP contribution >= 0.6 is 11.3 Å². The van der Waals surface area contributed by atoms with Gasteiger partial charge >= 0.3 is 0 Å². The minimum absolute atomic E-state index is 0.0867. The zero-order valence-electron chi connectivity index (χ0n) is 16.9. The van der Waals surface area contributed by atoms with Crippen LogP contribution in [-0.2, 0) is 14.8 Å². The third-order valence-electron chi connectivity index (χ3n) is 4.51. The van der Waals surface area contributed by atoms with Crippen LogP contribution in [0, 0.1) is 0 Å². The van der Waals surface area contributed by atoms with E-state index in [0.29, 0.717) is 23.8 Å². The zero-order valence-corrected chi connectivity index (χ0v) is 18.5. The van der Waals surface area contributed by atoms with Gasteiger partial charge in [-0.3, -0.25) is 14.5 Å². The summed E-state index contributed by atoms with van der Waals surface area (Å²) in [5.41, 5.74) is 1.37. The van der Waals surface area contributed by atoms with Crippen LogP contribution in [0.4, 0.5) is 10.8 Å². The van der Waals surface area contributed by atoms with Gasteiger partial charge in [-0.25, -0.2) is 13.4 Å². The van der Waals surface area contributed by atoms with Crippen LogP contribution < -0.4 is 14.8 Å². The van der Waals surface area contributed by atoms with E-state index in [1.54, 1.807) is 23.7 Å². The molecule has 4 rings (SSSR count). The van der Waals surface area contributed by atoms with E-state index in [0.717, 1.165) is 16.7 Å². The second-order valence-electron chi connectivity index (χ2n) is 6.79. The Kier molecular flexibility index (Phi) is 6.62. The fourth-order valence-corrected chi connectivity index (χ4v) is 4.79. The Hall–Kier alpha value is -3.50. The van der Waals surface area contributed by atoms with Gasteiger partial charge in [0.05, 0.1) is 17.0 Å². The number of rotatable bonds is 9. The quantitative estimate of drug-likeness (QED) is 0.355. The molecule has 4 aromatic rings.